The number of benzene rings is 1. The number of nitrogens with zero attached hydrogens (tertiary/aromatic N) is 1. The molecule has 1 unspecified atom stereocenters. The summed E-state index contributed by atoms with van der Waals surface area (Å²) in [6.45, 7) is 3.25. The molecule has 0 amide bonds. The number of para-hydroxylation sites is 1. The Morgan fingerprint density at radius 1 is 1.32 bits per heavy atom. The smallest absolute Gasteiger partial charge is 0.123 e. The minimum atomic E-state index is 0.313. The van der Waals surface area contributed by atoms with Crippen molar-refractivity contribution in [1.29, 1.82) is 0 Å². The molecule has 1 aromatic carbocycles. The molecule has 0 radical (unpaired) electrons. The van der Waals surface area contributed by atoms with Crippen LogP contribution in [0.2, 0.25) is 0 Å². The fourth-order valence-corrected chi connectivity index (χ4v) is 2.84. The molecule has 1 aromatic rings. The summed E-state index contributed by atoms with van der Waals surface area (Å²) in [7, 11) is 6.11. The molecular formula is C16H26N2O. The molecule has 0 aliphatic heterocycles. The van der Waals surface area contributed by atoms with Gasteiger partial charge in [0.05, 0.1) is 7.11 Å². The predicted molar refractivity (Wildman–Crippen MR) is 79.7 cm³/mol. The molecule has 1 aliphatic carbocycles. The second kappa shape index (κ2) is 5.93. The van der Waals surface area contributed by atoms with Crippen molar-refractivity contribution >= 4 is 0 Å². The summed E-state index contributed by atoms with van der Waals surface area (Å²) in [6, 6.07) is 8.57. The van der Waals surface area contributed by atoms with Crippen LogP contribution in [0.15, 0.2) is 24.3 Å². The van der Waals surface area contributed by atoms with E-state index < -0.39 is 0 Å². The minimum Gasteiger partial charge on any atom is -0.496 e. The van der Waals surface area contributed by atoms with Crippen LogP contribution < -0.4 is 10.1 Å². The third-order valence-corrected chi connectivity index (χ3v) is 4.58. The quantitative estimate of drug-likeness (QED) is 0.853. The van der Waals surface area contributed by atoms with Crippen molar-refractivity contribution in [2.45, 2.75) is 37.8 Å². The Morgan fingerprint density at radius 3 is 2.53 bits per heavy atom. The van der Waals surface area contributed by atoms with Gasteiger partial charge in [0, 0.05) is 23.7 Å². The second-order valence-electron chi connectivity index (χ2n) is 5.82. The lowest BCUT2D eigenvalue weighted by Crippen LogP contribution is -2.56. The molecule has 2 rings (SSSR count). The van der Waals surface area contributed by atoms with Crippen LogP contribution in [0, 0.1) is 0 Å². The van der Waals surface area contributed by atoms with Gasteiger partial charge in [0.2, 0.25) is 0 Å². The number of methoxy groups -OCH3 is 1. The van der Waals surface area contributed by atoms with E-state index in [-0.39, 0.29) is 0 Å². The van der Waals surface area contributed by atoms with E-state index >= 15 is 0 Å². The molecule has 3 nitrogen and oxygen atoms in total. The maximum absolute atomic E-state index is 5.44. The average Bonchev–Trinajstić information content (AvgIpc) is 2.36. The maximum Gasteiger partial charge on any atom is 0.123 e. The van der Waals surface area contributed by atoms with E-state index in [1.807, 2.05) is 12.1 Å². The Kier molecular flexibility index (Phi) is 4.48. The van der Waals surface area contributed by atoms with Crippen molar-refractivity contribution in [1.82, 2.24) is 10.2 Å². The zero-order chi connectivity index (χ0) is 13.9. The molecule has 0 aromatic heterocycles. The summed E-state index contributed by atoms with van der Waals surface area (Å²) in [6.07, 6.45) is 3.94. The molecule has 0 bridgehead atoms. The lowest BCUT2D eigenvalue weighted by molar-refractivity contribution is 0.0575. The van der Waals surface area contributed by atoms with E-state index in [0.717, 1.165) is 12.3 Å². The zero-order valence-corrected chi connectivity index (χ0v) is 12.6. The molecule has 1 aliphatic rings. The van der Waals surface area contributed by atoms with Crippen LogP contribution in [-0.4, -0.2) is 38.2 Å². The Bertz CT molecular complexity index is 413. The Morgan fingerprint density at radius 2 is 2.00 bits per heavy atom. The summed E-state index contributed by atoms with van der Waals surface area (Å²) in [5.41, 5.74) is 1.59. The van der Waals surface area contributed by atoms with Gasteiger partial charge in [-0.2, -0.15) is 0 Å². The third kappa shape index (κ3) is 2.93. The average molecular weight is 262 g/mol. The SMILES string of the molecule is COc1ccccc1C(C)NCC1(N(C)C)CCC1. The second-order valence-corrected chi connectivity index (χ2v) is 5.82. The van der Waals surface area contributed by atoms with Crippen molar-refractivity contribution in [3.8, 4) is 5.75 Å². The van der Waals surface area contributed by atoms with Gasteiger partial charge in [-0.1, -0.05) is 18.2 Å². The van der Waals surface area contributed by atoms with E-state index in [4.69, 9.17) is 4.74 Å². The van der Waals surface area contributed by atoms with Gasteiger partial charge in [0.1, 0.15) is 5.75 Å². The van der Waals surface area contributed by atoms with E-state index in [1.165, 1.54) is 24.8 Å². The van der Waals surface area contributed by atoms with E-state index in [1.54, 1.807) is 7.11 Å². The van der Waals surface area contributed by atoms with Gasteiger partial charge in [0.25, 0.3) is 0 Å². The van der Waals surface area contributed by atoms with Crippen LogP contribution in [-0.2, 0) is 0 Å². The molecule has 106 valence electrons. The number of rotatable bonds is 6. The van der Waals surface area contributed by atoms with Crippen molar-refractivity contribution in [2.75, 3.05) is 27.7 Å². The van der Waals surface area contributed by atoms with E-state index in [0.29, 0.717) is 11.6 Å². The molecule has 1 N–H and O–H groups in total. The van der Waals surface area contributed by atoms with Gasteiger partial charge < -0.3 is 15.0 Å². The number of likely N-dealkylation sites (N-methyl/N-ethyl adjacent to an activating group) is 1. The Balaban J connectivity index is 1.99. The number of hydrogen-bond acceptors (Lipinski definition) is 3. The summed E-state index contributed by atoms with van der Waals surface area (Å²) >= 11 is 0. The first-order chi connectivity index (χ1) is 9.09. The molecule has 0 saturated heterocycles. The fourth-order valence-electron chi connectivity index (χ4n) is 2.84. The first-order valence-electron chi connectivity index (χ1n) is 7.13. The molecular weight excluding hydrogens is 236 g/mol. The standard InChI is InChI=1S/C16H26N2O/c1-13(14-8-5-6-9-15(14)19-4)17-12-16(18(2)3)10-7-11-16/h5-6,8-9,13,17H,7,10-12H2,1-4H3. The first-order valence-corrected chi connectivity index (χ1v) is 7.13. The van der Waals surface area contributed by atoms with E-state index in [2.05, 4.69) is 43.4 Å². The highest BCUT2D eigenvalue weighted by atomic mass is 16.5. The van der Waals surface area contributed by atoms with Gasteiger partial charge in [-0.05, 0) is 46.3 Å². The van der Waals surface area contributed by atoms with Crippen LogP contribution in [0.4, 0.5) is 0 Å². The van der Waals surface area contributed by atoms with Crippen LogP contribution in [0.25, 0.3) is 0 Å². The molecule has 3 heteroatoms. The fraction of sp³-hybridized carbons (Fsp3) is 0.625. The van der Waals surface area contributed by atoms with Crippen LogP contribution in [0.5, 0.6) is 5.75 Å². The summed E-state index contributed by atoms with van der Waals surface area (Å²) < 4.78 is 5.44. The summed E-state index contributed by atoms with van der Waals surface area (Å²) in [4.78, 5) is 2.37. The zero-order valence-electron chi connectivity index (χ0n) is 12.6. The molecule has 0 heterocycles. The summed E-state index contributed by atoms with van der Waals surface area (Å²) in [5.74, 6) is 0.968. The van der Waals surface area contributed by atoms with Gasteiger partial charge in [0.15, 0.2) is 0 Å². The van der Waals surface area contributed by atoms with Gasteiger partial charge >= 0.3 is 0 Å². The Labute approximate surface area is 116 Å². The molecule has 19 heavy (non-hydrogen) atoms. The van der Waals surface area contributed by atoms with Crippen molar-refractivity contribution < 1.29 is 4.74 Å². The van der Waals surface area contributed by atoms with Gasteiger partial charge in [-0.15, -0.1) is 0 Å². The van der Waals surface area contributed by atoms with Gasteiger partial charge in [-0.3, -0.25) is 0 Å². The van der Waals surface area contributed by atoms with Gasteiger partial charge in [-0.25, -0.2) is 0 Å². The molecule has 1 atom stereocenters. The molecule has 1 fully saturated rings. The third-order valence-electron chi connectivity index (χ3n) is 4.58. The maximum atomic E-state index is 5.44. The summed E-state index contributed by atoms with van der Waals surface area (Å²) in [5, 5.41) is 3.68. The Hall–Kier alpha value is -1.06. The van der Waals surface area contributed by atoms with Crippen molar-refractivity contribution in [3.05, 3.63) is 29.8 Å². The number of hydrogen-bond donors (Lipinski definition) is 1. The molecule has 1 saturated carbocycles. The van der Waals surface area contributed by atoms with Crippen LogP contribution in [0.3, 0.4) is 0 Å². The molecule has 0 spiro atoms. The highest BCUT2D eigenvalue weighted by molar-refractivity contribution is 5.35. The van der Waals surface area contributed by atoms with Crippen LogP contribution in [0.1, 0.15) is 37.8 Å². The normalized spacial score (nSPS) is 19.0. The number of nitrogens with one attached hydrogen (secondary N) is 1. The highest BCUT2D eigenvalue weighted by Crippen LogP contribution is 2.36. The van der Waals surface area contributed by atoms with Crippen molar-refractivity contribution in [2.24, 2.45) is 0 Å². The predicted octanol–water partition coefficient (Wildman–Crippen LogP) is 2.83. The largest absolute Gasteiger partial charge is 0.496 e. The van der Waals surface area contributed by atoms with Crippen molar-refractivity contribution in [3.63, 3.8) is 0 Å². The monoisotopic (exact) mass is 262 g/mol. The lowest BCUT2D eigenvalue weighted by atomic mass is 9.75. The highest BCUT2D eigenvalue weighted by Gasteiger charge is 2.38. The lowest BCUT2D eigenvalue weighted by Gasteiger charge is -2.48. The first kappa shape index (κ1) is 14.4. The van der Waals surface area contributed by atoms with E-state index in [9.17, 15) is 0 Å². The van der Waals surface area contributed by atoms with Crippen LogP contribution >= 0.6 is 0 Å². The number of ether oxygens (including phenoxy) is 1. The minimum absolute atomic E-state index is 0.313. The topological polar surface area (TPSA) is 24.5 Å².